The molecule has 3 N–H and O–H groups in total. The van der Waals surface area contributed by atoms with Gasteiger partial charge < -0.3 is 20.6 Å². The van der Waals surface area contributed by atoms with Gasteiger partial charge in [0.25, 0.3) is 5.91 Å². The first-order valence-corrected chi connectivity index (χ1v) is 10.2. The summed E-state index contributed by atoms with van der Waals surface area (Å²) in [7, 11) is 1.48. The number of rotatable bonds is 7. The van der Waals surface area contributed by atoms with Crippen molar-refractivity contribution in [2.45, 2.75) is 31.8 Å². The number of carboxylic acid groups (broad SMARTS) is 1. The van der Waals surface area contributed by atoms with Crippen molar-refractivity contribution in [1.29, 1.82) is 0 Å². The summed E-state index contributed by atoms with van der Waals surface area (Å²) in [5.74, 6) is -2.20. The molecule has 2 aromatic rings. The number of nitrogens with zero attached hydrogens (tertiary/aromatic N) is 1. The van der Waals surface area contributed by atoms with E-state index in [1.807, 2.05) is 37.3 Å². The van der Waals surface area contributed by atoms with Gasteiger partial charge in [-0.2, -0.15) is 0 Å². The van der Waals surface area contributed by atoms with Crippen LogP contribution in [0.3, 0.4) is 0 Å². The molecule has 1 aliphatic heterocycles. The monoisotopic (exact) mass is 459 g/mol. The SMILES string of the molecule is Cc1ccccc1Cc1ccc([C@H](CC(=O)O)NC(=O)NC2C(=O)C=CN(C)C2=O)cc1.[NaH]. The Morgan fingerprint density at radius 3 is 2.39 bits per heavy atom. The maximum absolute atomic E-state index is 12.5. The van der Waals surface area contributed by atoms with Gasteiger partial charge in [-0.05, 0) is 35.6 Å². The summed E-state index contributed by atoms with van der Waals surface area (Å²) in [5, 5.41) is 14.2. The van der Waals surface area contributed by atoms with Gasteiger partial charge in [0.2, 0.25) is 0 Å². The number of hydrogen-bond acceptors (Lipinski definition) is 4. The number of ketones is 1. The molecule has 0 aromatic heterocycles. The summed E-state index contributed by atoms with van der Waals surface area (Å²) in [6, 6.07) is 12.4. The number of aliphatic carboxylic acids is 1. The van der Waals surface area contributed by atoms with E-state index < -0.39 is 35.8 Å². The van der Waals surface area contributed by atoms with E-state index in [-0.39, 0.29) is 36.0 Å². The van der Waals surface area contributed by atoms with Gasteiger partial charge in [-0.1, -0.05) is 48.5 Å². The van der Waals surface area contributed by atoms with Crippen LogP contribution in [-0.4, -0.2) is 76.3 Å². The zero-order valence-electron chi connectivity index (χ0n) is 17.9. The molecule has 1 heterocycles. The third-order valence-corrected chi connectivity index (χ3v) is 5.34. The zero-order valence-corrected chi connectivity index (χ0v) is 17.9. The van der Waals surface area contributed by atoms with Crippen molar-refractivity contribution in [3.63, 3.8) is 0 Å². The normalized spacial score (nSPS) is 16.1. The van der Waals surface area contributed by atoms with Crippen LogP contribution in [0.5, 0.6) is 0 Å². The third kappa shape index (κ3) is 7.02. The Hall–Kier alpha value is -2.94. The molecule has 2 atom stereocenters. The Balaban J connectivity index is 0.00000385. The molecule has 33 heavy (non-hydrogen) atoms. The van der Waals surface area contributed by atoms with Crippen molar-refractivity contribution in [2.24, 2.45) is 0 Å². The average molecular weight is 459 g/mol. The van der Waals surface area contributed by atoms with Gasteiger partial charge in [-0.25, -0.2) is 4.79 Å². The number of benzene rings is 2. The van der Waals surface area contributed by atoms with E-state index in [0.29, 0.717) is 5.56 Å². The molecule has 3 amide bonds. The van der Waals surface area contributed by atoms with Crippen molar-refractivity contribution in [3.05, 3.63) is 83.1 Å². The first-order chi connectivity index (χ1) is 15.2. The summed E-state index contributed by atoms with van der Waals surface area (Å²) >= 11 is 0. The van der Waals surface area contributed by atoms with Crippen LogP contribution in [0.4, 0.5) is 4.79 Å². The van der Waals surface area contributed by atoms with Crippen LogP contribution in [0, 0.1) is 6.92 Å². The van der Waals surface area contributed by atoms with Crippen molar-refractivity contribution in [1.82, 2.24) is 15.5 Å². The summed E-state index contributed by atoms with van der Waals surface area (Å²) in [5.41, 5.74) is 4.04. The fourth-order valence-corrected chi connectivity index (χ4v) is 3.47. The maximum atomic E-state index is 12.5. The number of urea groups is 1. The molecule has 0 fully saturated rings. The fourth-order valence-electron chi connectivity index (χ4n) is 3.47. The molecule has 8 nitrogen and oxygen atoms in total. The number of amides is 3. The molecule has 1 aliphatic rings. The second kappa shape index (κ2) is 11.8. The van der Waals surface area contributed by atoms with E-state index in [4.69, 9.17) is 0 Å². The molecular weight excluding hydrogens is 433 g/mol. The quantitative estimate of drug-likeness (QED) is 0.430. The van der Waals surface area contributed by atoms with Gasteiger partial charge in [0.1, 0.15) is 0 Å². The van der Waals surface area contributed by atoms with E-state index in [1.54, 1.807) is 12.1 Å². The van der Waals surface area contributed by atoms with E-state index in [1.165, 1.54) is 35.4 Å². The van der Waals surface area contributed by atoms with Crippen molar-refractivity contribution in [2.75, 3.05) is 7.05 Å². The van der Waals surface area contributed by atoms with Crippen LogP contribution in [0.15, 0.2) is 60.8 Å². The fraction of sp³-hybridized carbons (Fsp3) is 0.250. The summed E-state index contributed by atoms with van der Waals surface area (Å²) in [6.07, 6.45) is 2.91. The molecule has 0 spiro atoms. The molecule has 2 aromatic carbocycles. The zero-order chi connectivity index (χ0) is 23.3. The molecule has 0 saturated carbocycles. The van der Waals surface area contributed by atoms with Gasteiger partial charge in [-0.3, -0.25) is 14.4 Å². The van der Waals surface area contributed by atoms with Crippen LogP contribution in [0.1, 0.15) is 34.7 Å². The average Bonchev–Trinajstić information content (AvgIpc) is 2.75. The third-order valence-electron chi connectivity index (χ3n) is 5.34. The first-order valence-electron chi connectivity index (χ1n) is 10.2. The van der Waals surface area contributed by atoms with Gasteiger partial charge in [0, 0.05) is 19.3 Å². The molecule has 1 unspecified atom stereocenters. The number of nitrogens with one attached hydrogen (secondary N) is 2. The topological polar surface area (TPSA) is 116 Å². The minimum atomic E-state index is -1.34. The van der Waals surface area contributed by atoms with Crippen LogP contribution in [0.2, 0.25) is 0 Å². The summed E-state index contributed by atoms with van der Waals surface area (Å²) in [6.45, 7) is 2.05. The number of carbonyl (C=O) groups excluding carboxylic acids is 3. The Morgan fingerprint density at radius 1 is 1.09 bits per heavy atom. The Labute approximate surface area is 214 Å². The Kier molecular flexibility index (Phi) is 9.40. The number of aryl methyl sites for hydroxylation is 1. The molecule has 0 aliphatic carbocycles. The van der Waals surface area contributed by atoms with Crippen LogP contribution < -0.4 is 10.6 Å². The minimum absolute atomic E-state index is 0. The first kappa shape index (κ1) is 26.3. The van der Waals surface area contributed by atoms with Crippen LogP contribution >= 0.6 is 0 Å². The second-order valence-electron chi connectivity index (χ2n) is 7.71. The molecule has 3 rings (SSSR count). The number of carboxylic acids is 1. The predicted molar refractivity (Wildman–Crippen MR) is 125 cm³/mol. The summed E-state index contributed by atoms with van der Waals surface area (Å²) in [4.78, 5) is 49.1. The number of likely N-dealkylation sites (N-methyl/N-ethyl adjacent to an activating group) is 1. The molecule has 0 bridgehead atoms. The number of carbonyl (C=O) groups is 4. The molecular formula is C24H26N3NaO5. The second-order valence-corrected chi connectivity index (χ2v) is 7.71. The van der Waals surface area contributed by atoms with Crippen LogP contribution in [0.25, 0.3) is 0 Å². The predicted octanol–water partition coefficient (Wildman–Crippen LogP) is 1.68. The molecule has 9 heteroatoms. The van der Waals surface area contributed by atoms with E-state index in [2.05, 4.69) is 16.7 Å². The van der Waals surface area contributed by atoms with Gasteiger partial charge >= 0.3 is 41.6 Å². The van der Waals surface area contributed by atoms with Crippen molar-refractivity contribution < 1.29 is 24.3 Å². The van der Waals surface area contributed by atoms with Crippen molar-refractivity contribution >= 4 is 53.2 Å². The Morgan fingerprint density at radius 2 is 1.76 bits per heavy atom. The van der Waals surface area contributed by atoms with Gasteiger partial charge in [0.15, 0.2) is 11.8 Å². The molecule has 0 radical (unpaired) electrons. The van der Waals surface area contributed by atoms with E-state index >= 15 is 0 Å². The summed E-state index contributed by atoms with van der Waals surface area (Å²) < 4.78 is 0. The molecule has 168 valence electrons. The molecule has 0 saturated heterocycles. The standard InChI is InChI=1S/C24H25N3O5.Na.H/c1-15-5-3-4-6-18(15)13-16-7-9-17(10-8-16)19(14-21(29)30)25-24(32)26-22-20(28)11-12-27(2)23(22)31;;/h3-12,19,22H,13-14H2,1-2H3,(H,29,30)(H2,25,26,32);;/t19-,22?;;/m0../s1. The van der Waals surface area contributed by atoms with E-state index in [9.17, 15) is 24.3 Å². The Bertz CT molecular complexity index is 1070. The van der Waals surface area contributed by atoms with Gasteiger partial charge in [0.05, 0.1) is 12.5 Å². The van der Waals surface area contributed by atoms with Gasteiger partial charge in [-0.15, -0.1) is 0 Å². The van der Waals surface area contributed by atoms with Crippen LogP contribution in [-0.2, 0) is 20.8 Å². The number of hydrogen-bond donors (Lipinski definition) is 3. The van der Waals surface area contributed by atoms with E-state index in [0.717, 1.165) is 12.0 Å². The van der Waals surface area contributed by atoms with Crippen molar-refractivity contribution in [3.8, 4) is 0 Å².